The van der Waals surface area contributed by atoms with Gasteiger partial charge in [-0.15, -0.1) is 0 Å². The number of halogens is 1. The quantitative estimate of drug-likeness (QED) is 0.918. The maximum Gasteiger partial charge on any atom is 0.231 e. The molecule has 2 rings (SSSR count). The van der Waals surface area contributed by atoms with Gasteiger partial charge in [-0.25, -0.2) is 4.39 Å². The second kappa shape index (κ2) is 6.09. The Morgan fingerprint density at radius 1 is 1.40 bits per heavy atom. The fraction of sp³-hybridized carbons (Fsp3) is 0.357. The fourth-order valence-electron chi connectivity index (χ4n) is 1.73. The molecule has 0 aliphatic heterocycles. The summed E-state index contributed by atoms with van der Waals surface area (Å²) in [6.07, 6.45) is 0. The van der Waals surface area contributed by atoms with Crippen LogP contribution in [-0.2, 0) is 6.54 Å². The van der Waals surface area contributed by atoms with Crippen LogP contribution in [0.1, 0.15) is 10.4 Å². The van der Waals surface area contributed by atoms with Gasteiger partial charge in [0.1, 0.15) is 5.82 Å². The third-order valence-electron chi connectivity index (χ3n) is 2.79. The maximum absolute atomic E-state index is 13.8. The van der Waals surface area contributed by atoms with Crippen LogP contribution in [0.2, 0.25) is 0 Å². The predicted octanol–water partition coefficient (Wildman–Crippen LogP) is 3.28. The molecule has 0 amide bonds. The van der Waals surface area contributed by atoms with E-state index in [1.807, 2.05) is 32.0 Å². The van der Waals surface area contributed by atoms with E-state index < -0.39 is 0 Å². The third kappa shape index (κ3) is 3.19. The van der Waals surface area contributed by atoms with Gasteiger partial charge in [-0.05, 0) is 24.6 Å². The highest BCUT2D eigenvalue weighted by molar-refractivity contribution is 7.15. The summed E-state index contributed by atoms with van der Waals surface area (Å²) in [5, 5.41) is 3.94. The van der Waals surface area contributed by atoms with Gasteiger partial charge in [0, 0.05) is 14.1 Å². The number of hydrogen-bond donors (Lipinski definition) is 1. The van der Waals surface area contributed by atoms with Crippen LogP contribution in [0.15, 0.2) is 18.2 Å². The Bertz CT molecular complexity index is 598. The van der Waals surface area contributed by atoms with Crippen LogP contribution < -0.4 is 15.0 Å². The van der Waals surface area contributed by atoms with Crippen molar-refractivity contribution in [2.75, 3.05) is 31.4 Å². The van der Waals surface area contributed by atoms with Crippen molar-refractivity contribution in [2.24, 2.45) is 0 Å². The minimum Gasteiger partial charge on any atom is -0.480 e. The van der Waals surface area contributed by atoms with E-state index in [4.69, 9.17) is 4.74 Å². The number of thiazole rings is 1. The highest BCUT2D eigenvalue weighted by atomic mass is 32.1. The van der Waals surface area contributed by atoms with Gasteiger partial charge in [-0.3, -0.25) is 0 Å². The van der Waals surface area contributed by atoms with Crippen molar-refractivity contribution >= 4 is 22.2 Å². The molecule has 108 valence electrons. The van der Waals surface area contributed by atoms with E-state index in [0.29, 0.717) is 18.1 Å². The number of benzene rings is 1. The van der Waals surface area contributed by atoms with Gasteiger partial charge < -0.3 is 15.0 Å². The first-order valence-electron chi connectivity index (χ1n) is 6.22. The standard InChI is InChI=1S/C14H18FN3OS/c1-9-5-6-11(10(15)7-9)16-8-12-13(19-4)17-14(20-12)18(2)3/h5-7,16H,8H2,1-4H3. The van der Waals surface area contributed by atoms with E-state index in [9.17, 15) is 4.39 Å². The lowest BCUT2D eigenvalue weighted by Crippen LogP contribution is -2.07. The molecule has 20 heavy (non-hydrogen) atoms. The number of hydrogen-bond acceptors (Lipinski definition) is 5. The van der Waals surface area contributed by atoms with E-state index in [0.717, 1.165) is 15.6 Å². The van der Waals surface area contributed by atoms with Gasteiger partial charge in [0.25, 0.3) is 0 Å². The molecule has 1 heterocycles. The molecule has 2 aromatic rings. The second-order valence-corrected chi connectivity index (χ2v) is 5.72. The lowest BCUT2D eigenvalue weighted by Gasteiger charge is -2.07. The molecule has 1 aromatic heterocycles. The van der Waals surface area contributed by atoms with E-state index in [-0.39, 0.29) is 5.82 Å². The molecule has 0 spiro atoms. The van der Waals surface area contributed by atoms with Crippen LogP contribution in [0.4, 0.5) is 15.2 Å². The maximum atomic E-state index is 13.8. The van der Waals surface area contributed by atoms with Gasteiger partial charge >= 0.3 is 0 Å². The molecule has 6 heteroatoms. The van der Waals surface area contributed by atoms with Crippen molar-refractivity contribution in [1.29, 1.82) is 0 Å². The number of nitrogens with zero attached hydrogens (tertiary/aromatic N) is 2. The minimum absolute atomic E-state index is 0.249. The normalized spacial score (nSPS) is 10.4. The zero-order chi connectivity index (χ0) is 14.7. The first-order valence-corrected chi connectivity index (χ1v) is 7.04. The fourth-order valence-corrected chi connectivity index (χ4v) is 2.62. The van der Waals surface area contributed by atoms with Gasteiger partial charge in [-0.1, -0.05) is 17.4 Å². The molecule has 0 radical (unpaired) electrons. The number of aryl methyl sites for hydroxylation is 1. The number of aromatic nitrogens is 1. The molecule has 0 fully saturated rings. The lowest BCUT2D eigenvalue weighted by molar-refractivity contribution is 0.397. The highest BCUT2D eigenvalue weighted by Gasteiger charge is 2.13. The zero-order valence-electron chi connectivity index (χ0n) is 12.0. The van der Waals surface area contributed by atoms with Crippen LogP contribution in [-0.4, -0.2) is 26.2 Å². The molecule has 0 bridgehead atoms. The largest absolute Gasteiger partial charge is 0.480 e. The van der Waals surface area contributed by atoms with Crippen molar-refractivity contribution in [3.63, 3.8) is 0 Å². The van der Waals surface area contributed by atoms with Crippen molar-refractivity contribution in [3.05, 3.63) is 34.5 Å². The summed E-state index contributed by atoms with van der Waals surface area (Å²) in [4.78, 5) is 7.23. The number of ether oxygens (including phenoxy) is 1. The van der Waals surface area contributed by atoms with Crippen LogP contribution in [0.5, 0.6) is 5.88 Å². The van der Waals surface area contributed by atoms with Crippen molar-refractivity contribution < 1.29 is 9.13 Å². The van der Waals surface area contributed by atoms with Crippen LogP contribution in [0.3, 0.4) is 0 Å². The van der Waals surface area contributed by atoms with Gasteiger partial charge in [0.2, 0.25) is 5.88 Å². The molecule has 0 unspecified atom stereocenters. The van der Waals surface area contributed by atoms with Crippen molar-refractivity contribution in [2.45, 2.75) is 13.5 Å². The van der Waals surface area contributed by atoms with E-state index in [1.54, 1.807) is 13.2 Å². The van der Waals surface area contributed by atoms with Crippen LogP contribution in [0, 0.1) is 12.7 Å². The summed E-state index contributed by atoms with van der Waals surface area (Å²) >= 11 is 1.53. The van der Waals surface area contributed by atoms with Gasteiger partial charge in [0.05, 0.1) is 24.2 Å². The molecule has 0 saturated carbocycles. The van der Waals surface area contributed by atoms with E-state index >= 15 is 0 Å². The first-order chi connectivity index (χ1) is 9.51. The summed E-state index contributed by atoms with van der Waals surface area (Å²) < 4.78 is 19.0. The molecule has 0 aliphatic carbocycles. The molecule has 4 nitrogen and oxygen atoms in total. The smallest absolute Gasteiger partial charge is 0.231 e. The highest BCUT2D eigenvalue weighted by Crippen LogP contribution is 2.31. The summed E-state index contributed by atoms with van der Waals surface area (Å²) in [6, 6.07) is 5.13. The SMILES string of the molecule is COc1nc(N(C)C)sc1CNc1ccc(C)cc1F. The molecule has 0 atom stereocenters. The van der Waals surface area contributed by atoms with Crippen molar-refractivity contribution in [1.82, 2.24) is 4.98 Å². The number of methoxy groups -OCH3 is 1. The predicted molar refractivity (Wildman–Crippen MR) is 81.5 cm³/mol. The molecule has 1 N–H and O–H groups in total. The number of nitrogens with one attached hydrogen (secondary N) is 1. The van der Waals surface area contributed by atoms with Gasteiger partial charge in [-0.2, -0.15) is 4.98 Å². The van der Waals surface area contributed by atoms with E-state index in [1.165, 1.54) is 17.4 Å². The Hall–Kier alpha value is -1.82. The number of anilines is 2. The van der Waals surface area contributed by atoms with Crippen LogP contribution in [0.25, 0.3) is 0 Å². The average molecular weight is 295 g/mol. The average Bonchev–Trinajstić information content (AvgIpc) is 2.81. The van der Waals surface area contributed by atoms with Crippen molar-refractivity contribution in [3.8, 4) is 5.88 Å². The topological polar surface area (TPSA) is 37.4 Å². The first kappa shape index (κ1) is 14.6. The Morgan fingerprint density at radius 3 is 2.75 bits per heavy atom. The Labute approximate surface area is 122 Å². The second-order valence-electron chi connectivity index (χ2n) is 4.66. The third-order valence-corrected chi connectivity index (χ3v) is 3.99. The lowest BCUT2D eigenvalue weighted by atomic mass is 10.2. The molecular formula is C14H18FN3OS. The molecule has 0 aliphatic rings. The molecule has 1 aromatic carbocycles. The Kier molecular flexibility index (Phi) is 4.44. The van der Waals surface area contributed by atoms with Crippen LogP contribution >= 0.6 is 11.3 Å². The summed E-state index contributed by atoms with van der Waals surface area (Å²) in [7, 11) is 5.44. The summed E-state index contributed by atoms with van der Waals surface area (Å²) in [6.45, 7) is 2.34. The monoisotopic (exact) mass is 295 g/mol. The van der Waals surface area contributed by atoms with Gasteiger partial charge in [0.15, 0.2) is 5.13 Å². The van der Waals surface area contributed by atoms with E-state index in [2.05, 4.69) is 10.3 Å². The molecular weight excluding hydrogens is 277 g/mol. The Morgan fingerprint density at radius 2 is 2.15 bits per heavy atom. The summed E-state index contributed by atoms with van der Waals surface area (Å²) in [5.74, 6) is 0.333. The molecule has 0 saturated heterocycles. The summed E-state index contributed by atoms with van der Waals surface area (Å²) in [5.41, 5.74) is 1.38. The zero-order valence-corrected chi connectivity index (χ0v) is 12.8. The minimum atomic E-state index is -0.249. The Balaban J connectivity index is 2.14. The number of rotatable bonds is 5.